The van der Waals surface area contributed by atoms with Gasteiger partial charge in [0.15, 0.2) is 0 Å². The van der Waals surface area contributed by atoms with Gasteiger partial charge < -0.3 is 10.0 Å². The number of likely N-dealkylation sites (N-methyl/N-ethyl adjacent to an activating group) is 1. The fraction of sp³-hybridized carbons (Fsp3) is 0.231. The van der Waals surface area contributed by atoms with E-state index in [0.717, 1.165) is 10.0 Å². The molecule has 0 aliphatic rings. The van der Waals surface area contributed by atoms with Crippen LogP contribution in [0, 0.1) is 0 Å². The molecule has 1 atom stereocenters. The number of carbonyl (C=O) groups is 2. The van der Waals surface area contributed by atoms with Gasteiger partial charge >= 0.3 is 5.97 Å². The molecule has 1 aromatic carbocycles. The Morgan fingerprint density at radius 2 is 1.89 bits per heavy atom. The van der Waals surface area contributed by atoms with Gasteiger partial charge in [-0.3, -0.25) is 4.79 Å². The molecule has 0 saturated heterocycles. The number of nitrogens with zero attached hydrogens (tertiary/aromatic N) is 1. The van der Waals surface area contributed by atoms with E-state index in [1.807, 2.05) is 24.3 Å². The largest absolute Gasteiger partial charge is 0.480 e. The molecule has 96 valence electrons. The van der Waals surface area contributed by atoms with E-state index in [0.29, 0.717) is 0 Å². The fourth-order valence-corrected chi connectivity index (χ4v) is 1.48. The Hall–Kier alpha value is -1.62. The van der Waals surface area contributed by atoms with E-state index in [-0.39, 0.29) is 5.91 Å². The van der Waals surface area contributed by atoms with Gasteiger partial charge in [-0.1, -0.05) is 28.1 Å². The molecule has 1 rings (SSSR count). The van der Waals surface area contributed by atoms with E-state index in [1.54, 1.807) is 6.08 Å². The van der Waals surface area contributed by atoms with Gasteiger partial charge in [-0.25, -0.2) is 4.79 Å². The second-order valence-corrected chi connectivity index (χ2v) is 4.76. The summed E-state index contributed by atoms with van der Waals surface area (Å²) in [5.74, 6) is -1.37. The molecule has 1 N–H and O–H groups in total. The van der Waals surface area contributed by atoms with Crippen LogP contribution in [0.4, 0.5) is 0 Å². The van der Waals surface area contributed by atoms with Crippen molar-refractivity contribution >= 4 is 33.9 Å². The summed E-state index contributed by atoms with van der Waals surface area (Å²) < 4.78 is 0.961. The van der Waals surface area contributed by atoms with E-state index in [9.17, 15) is 9.59 Å². The third-order valence-corrected chi connectivity index (χ3v) is 3.10. The molecular weight excluding hydrogens is 298 g/mol. The summed E-state index contributed by atoms with van der Waals surface area (Å²) in [7, 11) is 1.47. The molecule has 0 bridgehead atoms. The maximum atomic E-state index is 11.7. The lowest BCUT2D eigenvalue weighted by atomic mass is 10.2. The molecule has 0 aromatic heterocycles. The van der Waals surface area contributed by atoms with Crippen LogP contribution in [-0.4, -0.2) is 35.0 Å². The Morgan fingerprint density at radius 1 is 1.33 bits per heavy atom. The second kappa shape index (κ2) is 6.35. The molecule has 18 heavy (non-hydrogen) atoms. The molecule has 0 saturated carbocycles. The number of hydrogen-bond donors (Lipinski definition) is 1. The number of carboxylic acid groups (broad SMARTS) is 1. The molecular formula is C13H14BrNO3. The van der Waals surface area contributed by atoms with Crippen LogP contribution < -0.4 is 0 Å². The standard InChI is InChI=1S/C13H14BrNO3/c1-9(13(17)18)15(2)12(16)8-5-10-3-6-11(14)7-4-10/h3-9H,1-2H3,(H,17,18). The zero-order chi connectivity index (χ0) is 13.7. The SMILES string of the molecule is CC(C(=O)O)N(C)C(=O)C=Cc1ccc(Br)cc1. The number of aliphatic carboxylic acids is 1. The molecule has 1 unspecified atom stereocenters. The number of hydrogen-bond acceptors (Lipinski definition) is 2. The summed E-state index contributed by atoms with van der Waals surface area (Å²) in [6, 6.07) is 6.61. The Morgan fingerprint density at radius 3 is 2.39 bits per heavy atom. The van der Waals surface area contributed by atoms with Gasteiger partial charge in [-0.05, 0) is 30.7 Å². The summed E-state index contributed by atoms with van der Waals surface area (Å²) in [6.07, 6.45) is 3.02. The van der Waals surface area contributed by atoms with Crippen LogP contribution in [0.5, 0.6) is 0 Å². The predicted octanol–water partition coefficient (Wildman–Crippen LogP) is 2.39. The minimum absolute atomic E-state index is 0.340. The minimum Gasteiger partial charge on any atom is -0.480 e. The number of carbonyl (C=O) groups excluding carboxylic acids is 1. The van der Waals surface area contributed by atoms with Gasteiger partial charge in [0.1, 0.15) is 6.04 Å². The first kappa shape index (κ1) is 14.4. The average Bonchev–Trinajstić information content (AvgIpc) is 2.35. The van der Waals surface area contributed by atoms with Gasteiger partial charge in [0.25, 0.3) is 0 Å². The van der Waals surface area contributed by atoms with Crippen LogP contribution in [0.3, 0.4) is 0 Å². The van der Waals surface area contributed by atoms with E-state index < -0.39 is 12.0 Å². The molecule has 1 amide bonds. The van der Waals surface area contributed by atoms with Crippen molar-refractivity contribution in [2.75, 3.05) is 7.05 Å². The van der Waals surface area contributed by atoms with Gasteiger partial charge in [-0.2, -0.15) is 0 Å². The monoisotopic (exact) mass is 311 g/mol. The molecule has 0 aliphatic carbocycles. The number of rotatable bonds is 4. The zero-order valence-corrected chi connectivity index (χ0v) is 11.7. The lowest BCUT2D eigenvalue weighted by Gasteiger charge is -2.19. The van der Waals surface area contributed by atoms with Gasteiger partial charge in [0.2, 0.25) is 5.91 Å². The highest BCUT2D eigenvalue weighted by molar-refractivity contribution is 9.10. The molecule has 1 aromatic rings. The molecule has 0 heterocycles. The van der Waals surface area contributed by atoms with Crippen molar-refractivity contribution in [1.29, 1.82) is 0 Å². The molecule has 4 nitrogen and oxygen atoms in total. The number of benzene rings is 1. The lowest BCUT2D eigenvalue weighted by Crippen LogP contribution is -2.39. The van der Waals surface area contributed by atoms with Gasteiger partial charge in [-0.15, -0.1) is 0 Å². The quantitative estimate of drug-likeness (QED) is 0.869. The Kier molecular flexibility index (Phi) is 5.09. The Balaban J connectivity index is 2.69. The highest BCUT2D eigenvalue weighted by Gasteiger charge is 2.19. The van der Waals surface area contributed by atoms with E-state index in [2.05, 4.69) is 15.9 Å². The van der Waals surface area contributed by atoms with Crippen LogP contribution in [0.15, 0.2) is 34.8 Å². The van der Waals surface area contributed by atoms with Crippen molar-refractivity contribution in [2.45, 2.75) is 13.0 Å². The third-order valence-electron chi connectivity index (χ3n) is 2.57. The average molecular weight is 312 g/mol. The maximum Gasteiger partial charge on any atom is 0.326 e. The van der Waals surface area contributed by atoms with E-state index in [4.69, 9.17) is 5.11 Å². The maximum absolute atomic E-state index is 11.7. The van der Waals surface area contributed by atoms with E-state index in [1.165, 1.54) is 24.9 Å². The van der Waals surface area contributed by atoms with Crippen LogP contribution in [0.25, 0.3) is 6.08 Å². The topological polar surface area (TPSA) is 57.6 Å². The Labute approximate surface area is 114 Å². The smallest absolute Gasteiger partial charge is 0.326 e. The lowest BCUT2D eigenvalue weighted by molar-refractivity contribution is -0.146. The van der Waals surface area contributed by atoms with E-state index >= 15 is 0 Å². The van der Waals surface area contributed by atoms with Crippen molar-refractivity contribution < 1.29 is 14.7 Å². The highest BCUT2D eigenvalue weighted by atomic mass is 79.9. The van der Waals surface area contributed by atoms with Crippen LogP contribution in [0.2, 0.25) is 0 Å². The van der Waals surface area contributed by atoms with Crippen LogP contribution in [-0.2, 0) is 9.59 Å². The highest BCUT2D eigenvalue weighted by Crippen LogP contribution is 2.11. The first-order chi connectivity index (χ1) is 8.41. The molecule has 0 radical (unpaired) electrons. The third kappa shape index (κ3) is 4.00. The molecule has 0 aliphatic heterocycles. The normalized spacial score (nSPS) is 12.4. The molecule has 0 spiro atoms. The summed E-state index contributed by atoms with van der Waals surface area (Å²) in [5.41, 5.74) is 0.878. The van der Waals surface area contributed by atoms with Crippen molar-refractivity contribution in [3.8, 4) is 0 Å². The first-order valence-corrected chi connectivity index (χ1v) is 6.14. The minimum atomic E-state index is -1.03. The van der Waals surface area contributed by atoms with Crippen molar-refractivity contribution in [3.63, 3.8) is 0 Å². The number of halogens is 1. The summed E-state index contributed by atoms with van der Waals surface area (Å²) >= 11 is 3.32. The van der Waals surface area contributed by atoms with Gasteiger partial charge in [0.05, 0.1) is 0 Å². The summed E-state index contributed by atoms with van der Waals surface area (Å²) in [5, 5.41) is 8.79. The fourth-order valence-electron chi connectivity index (χ4n) is 1.22. The molecule has 5 heteroatoms. The van der Waals surface area contributed by atoms with Crippen molar-refractivity contribution in [3.05, 3.63) is 40.4 Å². The van der Waals surface area contributed by atoms with Crippen molar-refractivity contribution in [1.82, 2.24) is 4.90 Å². The number of carboxylic acids is 1. The molecule has 0 fully saturated rings. The van der Waals surface area contributed by atoms with Gasteiger partial charge in [0, 0.05) is 17.6 Å². The zero-order valence-electron chi connectivity index (χ0n) is 10.1. The number of amides is 1. The first-order valence-electron chi connectivity index (χ1n) is 5.35. The van der Waals surface area contributed by atoms with Crippen LogP contribution in [0.1, 0.15) is 12.5 Å². The second-order valence-electron chi connectivity index (χ2n) is 3.85. The predicted molar refractivity (Wildman–Crippen MR) is 73.0 cm³/mol. The summed E-state index contributed by atoms with van der Waals surface area (Å²) in [6.45, 7) is 1.47. The van der Waals surface area contributed by atoms with Crippen LogP contribution >= 0.6 is 15.9 Å². The summed E-state index contributed by atoms with van der Waals surface area (Å²) in [4.78, 5) is 23.6. The van der Waals surface area contributed by atoms with Crippen molar-refractivity contribution in [2.24, 2.45) is 0 Å². The Bertz CT molecular complexity index is 468.